The van der Waals surface area contributed by atoms with Gasteiger partial charge in [0.25, 0.3) is 0 Å². The Hall–Kier alpha value is -0.0956. The smallest absolute Gasteiger partial charge is 0.813 e. The molecule has 2 aromatic heterocycles. The van der Waals surface area contributed by atoms with Gasteiger partial charge in [0.05, 0.1) is 23.2 Å². The third-order valence-corrected chi connectivity index (χ3v) is 16.1. The van der Waals surface area contributed by atoms with Gasteiger partial charge in [-0.15, -0.1) is 0 Å². The Bertz CT molecular complexity index is 2620. The van der Waals surface area contributed by atoms with E-state index in [0.717, 1.165) is 56.5 Å². The van der Waals surface area contributed by atoms with Crippen LogP contribution in [0.15, 0.2) is 97.3 Å². The van der Waals surface area contributed by atoms with Crippen LogP contribution in [-0.2, 0) is 34.3 Å². The number of ether oxygens (including phenoxy) is 2. The van der Waals surface area contributed by atoms with Gasteiger partial charge in [-0.1, -0.05) is 139 Å². The van der Waals surface area contributed by atoms with Gasteiger partial charge in [0.15, 0.2) is 0 Å². The molecule has 4 heterocycles. The minimum absolute atomic E-state index is 0. The van der Waals surface area contributed by atoms with Crippen molar-refractivity contribution in [3.63, 3.8) is 0 Å². The molecule has 2 aliphatic heterocycles. The average Bonchev–Trinajstić information content (AvgIpc) is 4.30. The Labute approximate surface area is 486 Å². The molecule has 0 spiro atoms. The standard InChI is InChI=1S/C28H34FNO2.C28H34FNO.CH3IS.3HI.H2S.V/c1-5-25-17(3)16(2)18(4)28(32-25)30-15-22(26-23(29)7-6-8-24(26)30)27(31)21-13-11-20(12-14-21)19-9-10-19;1-5-26-18(3)17(2)19(4)28(31-26)30-16-23(27-24(29)7-6-8-25(27)30)15-20-9-11-21(12-10-20)22-13-14-22;2-1-3;;;;;/h6-8,11-19,25,27-28,31H,5,9-10H2,1-4H3;6-12,16-19,22,26,28H,5,13-15H2,1-4H3;3H,1H2;3*1H;1H2;/q;;;;;;;+3/p-4/t16-,17-,18+,25+,27?,28?;17-,18-,19+,26+,28?;;;;;;/m00....../s1. The van der Waals surface area contributed by atoms with Crippen LogP contribution >= 0.6 is 95.2 Å². The van der Waals surface area contributed by atoms with Crippen LogP contribution in [0.25, 0.3) is 21.8 Å². The van der Waals surface area contributed by atoms with Gasteiger partial charge in [-0.2, -0.15) is 12.6 Å². The quantitative estimate of drug-likeness (QED) is 0.0621. The fourth-order valence-electron chi connectivity index (χ4n) is 11.1. The second kappa shape index (κ2) is 27.5. The van der Waals surface area contributed by atoms with E-state index in [1.807, 2.05) is 36.5 Å². The Morgan fingerprint density at radius 2 is 1.04 bits per heavy atom. The zero-order valence-electron chi connectivity index (χ0n) is 42.2. The van der Waals surface area contributed by atoms with E-state index in [4.69, 9.17) is 9.47 Å². The van der Waals surface area contributed by atoms with Gasteiger partial charge in [-0.05, 0) is 133 Å². The van der Waals surface area contributed by atoms with Gasteiger partial charge < -0.3 is 37.2 Å². The third kappa shape index (κ3) is 14.3. The molecule has 2 aliphatic carbocycles. The van der Waals surface area contributed by atoms with Gasteiger partial charge >= 0.3 is 64.9 Å². The molecule has 0 amide bonds. The minimum atomic E-state index is -0.888. The number of hydrogen-bond donors (Lipinski definition) is 2. The number of aromatic nitrogens is 2. The van der Waals surface area contributed by atoms with Crippen LogP contribution < -0.4 is 0 Å². The number of hydrogen-bond acceptors (Lipinski definition) is 5. The van der Waals surface area contributed by atoms with Crippen LogP contribution in [0.3, 0.4) is 0 Å². The number of fused-ring (bicyclic) bond motifs is 2. The average molecular weight is 1490 g/mol. The fraction of sp³-hybridized carbons (Fsp3) is 0.509. The van der Waals surface area contributed by atoms with Crippen molar-refractivity contribution in [2.75, 3.05) is 3.76 Å². The maximum Gasteiger partial charge on any atom is -0.813 e. The Balaban J connectivity index is 0.000000203. The van der Waals surface area contributed by atoms with Crippen molar-refractivity contribution in [3.05, 3.63) is 142 Å². The number of rotatable bonds is 10. The predicted molar refractivity (Wildman–Crippen MR) is 330 cm³/mol. The number of benzene rings is 4. The van der Waals surface area contributed by atoms with Crippen molar-refractivity contribution in [3.8, 4) is 0 Å². The molecule has 4 aromatic carbocycles. The van der Waals surface area contributed by atoms with E-state index in [2.05, 4.69) is 202 Å². The summed E-state index contributed by atoms with van der Waals surface area (Å²) in [5.74, 6) is 3.65. The number of nitrogens with zero attached hydrogens (tertiary/aromatic N) is 2. The molecule has 0 radical (unpaired) electrons. The first-order valence-electron chi connectivity index (χ1n) is 25.2. The van der Waals surface area contributed by atoms with Crippen LogP contribution in [0.4, 0.5) is 8.78 Å². The molecule has 5 nitrogen and oxygen atoms in total. The SMILES string of the molecule is CC[C@H]1OC(n2cc(C(O)c3ccc(C4CC4)cc3)c3c(F)cccc32)[C@H](C)[C@@H](C)[C@@H]1C.CC[C@H]1OC(n2cc(Cc3ccc(C4CC4)cc3)c3c(F)cccc32)[C@H](C)[C@@H](C)[C@@H]1C.SCI.[I][V]([I])[I].[SH-]. The van der Waals surface area contributed by atoms with Crippen molar-refractivity contribution in [1.29, 1.82) is 0 Å². The summed E-state index contributed by atoms with van der Waals surface area (Å²) in [6.45, 7) is 18.0. The Kier molecular flexibility index (Phi) is 23.3. The maximum absolute atomic E-state index is 15.1. The van der Waals surface area contributed by atoms with Gasteiger partial charge in [-0.3, -0.25) is 0 Å². The summed E-state index contributed by atoms with van der Waals surface area (Å²) >= 11 is 13.3. The molecule has 14 heteroatoms. The fourth-order valence-corrected chi connectivity index (χ4v) is 11.1. The van der Waals surface area contributed by atoms with E-state index >= 15 is 8.78 Å². The first kappa shape index (κ1) is 60.1. The monoisotopic (exact) mass is 1490 g/mol. The number of thiol groups is 2. The van der Waals surface area contributed by atoms with E-state index in [9.17, 15) is 5.11 Å². The third-order valence-electron chi connectivity index (χ3n) is 16.1. The normalized spacial score (nSPS) is 26.6. The van der Waals surface area contributed by atoms with E-state index in [0.29, 0.717) is 46.5 Å². The molecule has 11 atom stereocenters. The zero-order valence-corrected chi connectivity index (χ0v) is 54.0. The molecular weight excluding hydrogens is 1420 g/mol. The maximum atomic E-state index is 15.1. The van der Waals surface area contributed by atoms with E-state index < -0.39 is 6.10 Å². The molecule has 4 fully saturated rings. The van der Waals surface area contributed by atoms with Crippen molar-refractivity contribution in [1.82, 2.24) is 9.13 Å². The molecule has 2 saturated heterocycles. The summed E-state index contributed by atoms with van der Waals surface area (Å²) in [4.78, 5) is -0.278. The molecule has 2 saturated carbocycles. The van der Waals surface area contributed by atoms with Crippen LogP contribution in [0, 0.1) is 47.1 Å². The largest absolute Gasteiger partial charge is 0.813 e. The molecule has 4 aliphatic rings. The van der Waals surface area contributed by atoms with Gasteiger partial charge in [-0.25, -0.2) is 8.78 Å². The second-order valence-corrected chi connectivity index (χ2v) is 57.9. The van der Waals surface area contributed by atoms with Crippen molar-refractivity contribution < 1.29 is 28.3 Å². The topological polar surface area (TPSA) is 48.6 Å². The summed E-state index contributed by atoms with van der Waals surface area (Å²) in [6, 6.07) is 27.7. The first-order chi connectivity index (χ1) is 33.5. The summed E-state index contributed by atoms with van der Waals surface area (Å²) in [5.41, 5.74) is 8.17. The first-order valence-corrected chi connectivity index (χ1v) is 40.9. The second-order valence-electron chi connectivity index (χ2n) is 20.3. The molecule has 71 heavy (non-hydrogen) atoms. The summed E-state index contributed by atoms with van der Waals surface area (Å²) in [5, 5.41) is 12.5. The molecule has 1 N–H and O–H groups in total. The van der Waals surface area contributed by atoms with Gasteiger partial charge in [0.2, 0.25) is 0 Å². The molecule has 10 rings (SSSR count). The molecule has 388 valence electrons. The van der Waals surface area contributed by atoms with Gasteiger partial charge in [0.1, 0.15) is 30.2 Å². The summed E-state index contributed by atoms with van der Waals surface area (Å²) in [7, 11) is 0. The molecule has 3 unspecified atom stereocenters. The molecular formula is C57H72F2I4N2O3S2V-. The van der Waals surface area contributed by atoms with Crippen LogP contribution in [0.2, 0.25) is 0 Å². The predicted octanol–water partition coefficient (Wildman–Crippen LogP) is 18.1. The van der Waals surface area contributed by atoms with E-state index in [-0.39, 0.29) is 60.6 Å². The zero-order chi connectivity index (χ0) is 50.6. The van der Waals surface area contributed by atoms with Crippen LogP contribution in [0.1, 0.15) is 158 Å². The number of aliphatic hydroxyl groups is 1. The van der Waals surface area contributed by atoms with E-state index in [1.54, 1.807) is 12.1 Å². The Morgan fingerprint density at radius 1 is 0.634 bits per heavy atom. The van der Waals surface area contributed by atoms with Crippen molar-refractivity contribution in [2.24, 2.45) is 35.5 Å². The number of alkyl halides is 1. The number of aliphatic hydroxyl groups excluding tert-OH is 1. The molecule has 0 bridgehead atoms. The van der Waals surface area contributed by atoms with Crippen molar-refractivity contribution >= 4 is 130 Å². The van der Waals surface area contributed by atoms with Crippen molar-refractivity contribution in [2.45, 2.75) is 143 Å². The summed E-state index contributed by atoms with van der Waals surface area (Å²) in [6.07, 6.45) is 11.1. The van der Waals surface area contributed by atoms with Gasteiger partial charge in [0, 0.05) is 44.3 Å². The summed E-state index contributed by atoms with van der Waals surface area (Å²) < 4.78 is 48.5. The number of halogens is 6. The van der Waals surface area contributed by atoms with Crippen LogP contribution in [-0.4, -0.2) is 30.2 Å². The van der Waals surface area contributed by atoms with Crippen LogP contribution in [0.5, 0.6) is 0 Å². The minimum Gasteiger partial charge on any atom is -0.813 e. The van der Waals surface area contributed by atoms with E-state index in [1.165, 1.54) is 48.4 Å². The molecule has 6 aromatic rings. The Morgan fingerprint density at radius 3 is 1.48 bits per heavy atom.